The molecule has 2 N–H and O–H groups in total. The van der Waals surface area contributed by atoms with Gasteiger partial charge in [-0.1, -0.05) is 19.8 Å². The Balaban J connectivity index is 0.00000280. The van der Waals surface area contributed by atoms with Gasteiger partial charge >= 0.3 is 0 Å². The van der Waals surface area contributed by atoms with Gasteiger partial charge in [0.05, 0.1) is 0 Å². The predicted octanol–water partition coefficient (Wildman–Crippen LogP) is 1.86. The Morgan fingerprint density at radius 2 is 1.96 bits per heavy atom. The first-order valence-corrected chi connectivity index (χ1v) is 10.8. The van der Waals surface area contributed by atoms with Gasteiger partial charge in [-0.2, -0.15) is 4.37 Å². The molecule has 10 heteroatoms. The standard InChI is InChI=1S/C18H31N7OS.HI/c1-3-15-22-18(27-23-15)25-12-10-24(11-13-25)17(19-2)20-9-8-16(26)21-14-6-4-5-7-14;/h14H,3-13H2,1-2H3,(H,19,20)(H,21,26);1H. The van der Waals surface area contributed by atoms with Crippen molar-refractivity contribution in [2.45, 2.75) is 51.5 Å². The molecule has 0 aromatic carbocycles. The molecule has 0 spiro atoms. The molecular weight excluding hydrogens is 489 g/mol. The van der Waals surface area contributed by atoms with Crippen molar-refractivity contribution >= 4 is 52.5 Å². The fourth-order valence-electron chi connectivity index (χ4n) is 3.62. The summed E-state index contributed by atoms with van der Waals surface area (Å²) in [5.41, 5.74) is 0. The molecule has 2 aliphatic rings. The summed E-state index contributed by atoms with van der Waals surface area (Å²) in [5, 5.41) is 7.48. The third-order valence-corrected chi connectivity index (χ3v) is 6.01. The molecule has 2 fully saturated rings. The first-order valence-electron chi connectivity index (χ1n) is 10.0. The van der Waals surface area contributed by atoms with Crippen LogP contribution in [0.25, 0.3) is 0 Å². The predicted molar refractivity (Wildman–Crippen MR) is 125 cm³/mol. The number of anilines is 1. The van der Waals surface area contributed by atoms with Crippen LogP contribution in [-0.2, 0) is 11.2 Å². The lowest BCUT2D eigenvalue weighted by Crippen LogP contribution is -2.53. The van der Waals surface area contributed by atoms with Crippen molar-refractivity contribution in [1.82, 2.24) is 24.9 Å². The van der Waals surface area contributed by atoms with Crippen molar-refractivity contribution < 1.29 is 4.79 Å². The van der Waals surface area contributed by atoms with Gasteiger partial charge in [-0.15, -0.1) is 24.0 Å². The Kier molecular flexibility index (Phi) is 9.69. The molecular formula is C18H32IN7OS. The number of hydrogen-bond acceptors (Lipinski definition) is 6. The van der Waals surface area contributed by atoms with Crippen molar-refractivity contribution in [3.63, 3.8) is 0 Å². The maximum atomic E-state index is 12.0. The highest BCUT2D eigenvalue weighted by Crippen LogP contribution is 2.19. The number of piperazine rings is 1. The molecule has 8 nitrogen and oxygen atoms in total. The molecule has 0 radical (unpaired) electrons. The number of carbonyl (C=O) groups excluding carboxylic acids is 1. The summed E-state index contributed by atoms with van der Waals surface area (Å²) in [6.45, 7) is 6.27. The Bertz CT molecular complexity index is 640. The van der Waals surface area contributed by atoms with Crippen LogP contribution in [0.4, 0.5) is 5.13 Å². The van der Waals surface area contributed by atoms with Gasteiger partial charge < -0.3 is 20.4 Å². The summed E-state index contributed by atoms with van der Waals surface area (Å²) < 4.78 is 4.38. The minimum absolute atomic E-state index is 0. The van der Waals surface area contributed by atoms with Crippen LogP contribution in [0.1, 0.15) is 44.9 Å². The highest BCUT2D eigenvalue weighted by Gasteiger charge is 2.22. The average Bonchev–Trinajstić information content (AvgIpc) is 3.37. The van der Waals surface area contributed by atoms with E-state index in [2.05, 4.69) is 41.7 Å². The summed E-state index contributed by atoms with van der Waals surface area (Å²) in [5.74, 6) is 1.93. The van der Waals surface area contributed by atoms with Crippen LogP contribution >= 0.6 is 35.5 Å². The maximum absolute atomic E-state index is 12.0. The number of aromatic nitrogens is 2. The van der Waals surface area contributed by atoms with Gasteiger partial charge in [0.1, 0.15) is 5.82 Å². The second-order valence-electron chi connectivity index (χ2n) is 7.09. The van der Waals surface area contributed by atoms with Crippen LogP contribution in [0, 0.1) is 0 Å². The number of aliphatic imine (C=N–C) groups is 1. The number of halogens is 1. The van der Waals surface area contributed by atoms with Crippen LogP contribution in [-0.4, -0.2) is 71.9 Å². The molecule has 1 aromatic heterocycles. The highest BCUT2D eigenvalue weighted by molar-refractivity contribution is 14.0. The van der Waals surface area contributed by atoms with E-state index in [1.807, 2.05) is 0 Å². The molecule has 1 aromatic rings. The zero-order valence-corrected chi connectivity index (χ0v) is 20.0. The fourth-order valence-corrected chi connectivity index (χ4v) is 4.42. The molecule has 0 unspecified atom stereocenters. The number of nitrogens with zero attached hydrogens (tertiary/aromatic N) is 5. The van der Waals surface area contributed by atoms with Gasteiger partial charge in [0.25, 0.3) is 0 Å². The van der Waals surface area contributed by atoms with E-state index < -0.39 is 0 Å². The summed E-state index contributed by atoms with van der Waals surface area (Å²) >= 11 is 1.48. The Morgan fingerprint density at radius 1 is 1.25 bits per heavy atom. The molecule has 1 saturated carbocycles. The summed E-state index contributed by atoms with van der Waals surface area (Å²) in [6, 6.07) is 0.387. The van der Waals surface area contributed by atoms with Gasteiger partial charge in [-0.05, 0) is 12.8 Å². The van der Waals surface area contributed by atoms with Crippen LogP contribution in [0.15, 0.2) is 4.99 Å². The quantitative estimate of drug-likeness (QED) is 0.338. The molecule has 0 bridgehead atoms. The van der Waals surface area contributed by atoms with Crippen LogP contribution < -0.4 is 15.5 Å². The van der Waals surface area contributed by atoms with E-state index in [-0.39, 0.29) is 29.9 Å². The topological polar surface area (TPSA) is 85.8 Å². The second-order valence-corrected chi connectivity index (χ2v) is 7.82. The van der Waals surface area contributed by atoms with Crippen molar-refractivity contribution in [2.75, 3.05) is 44.7 Å². The Hall–Kier alpha value is -1.17. The zero-order valence-electron chi connectivity index (χ0n) is 16.8. The third-order valence-electron chi connectivity index (χ3n) is 5.19. The normalized spacial score (nSPS) is 18.1. The lowest BCUT2D eigenvalue weighted by molar-refractivity contribution is -0.121. The van der Waals surface area contributed by atoms with E-state index >= 15 is 0 Å². The van der Waals surface area contributed by atoms with E-state index in [4.69, 9.17) is 0 Å². The maximum Gasteiger partial charge on any atom is 0.221 e. The summed E-state index contributed by atoms with van der Waals surface area (Å²) in [6.07, 6.45) is 6.08. The Morgan fingerprint density at radius 3 is 2.57 bits per heavy atom. The van der Waals surface area contributed by atoms with Crippen LogP contribution in [0.5, 0.6) is 0 Å². The third kappa shape index (κ3) is 6.43. The van der Waals surface area contributed by atoms with E-state index in [1.54, 1.807) is 7.05 Å². The Labute approximate surface area is 188 Å². The zero-order chi connectivity index (χ0) is 19.1. The molecule has 1 saturated heterocycles. The highest BCUT2D eigenvalue weighted by atomic mass is 127. The first-order chi connectivity index (χ1) is 13.2. The van der Waals surface area contributed by atoms with Gasteiger partial charge in [0.2, 0.25) is 11.0 Å². The number of amides is 1. The number of rotatable bonds is 6. The molecule has 3 rings (SSSR count). The lowest BCUT2D eigenvalue weighted by Gasteiger charge is -2.36. The summed E-state index contributed by atoms with van der Waals surface area (Å²) in [4.78, 5) is 25.5. The number of aryl methyl sites for hydroxylation is 1. The smallest absolute Gasteiger partial charge is 0.221 e. The van der Waals surface area contributed by atoms with Crippen LogP contribution in [0.2, 0.25) is 0 Å². The van der Waals surface area contributed by atoms with Crippen molar-refractivity contribution in [2.24, 2.45) is 4.99 Å². The summed E-state index contributed by atoms with van der Waals surface area (Å²) in [7, 11) is 1.80. The number of carbonyl (C=O) groups is 1. The van der Waals surface area contributed by atoms with E-state index in [9.17, 15) is 4.79 Å². The lowest BCUT2D eigenvalue weighted by atomic mass is 10.2. The first kappa shape index (κ1) is 23.1. The van der Waals surface area contributed by atoms with Gasteiger partial charge in [-0.25, -0.2) is 4.98 Å². The van der Waals surface area contributed by atoms with Crippen molar-refractivity contribution in [3.05, 3.63) is 5.82 Å². The monoisotopic (exact) mass is 521 g/mol. The average molecular weight is 521 g/mol. The van der Waals surface area contributed by atoms with E-state index in [1.165, 1.54) is 24.4 Å². The van der Waals surface area contributed by atoms with Crippen LogP contribution in [0.3, 0.4) is 0 Å². The minimum atomic E-state index is 0. The van der Waals surface area contributed by atoms with Gasteiger partial charge in [0.15, 0.2) is 5.96 Å². The number of guanidine groups is 1. The molecule has 1 aliphatic heterocycles. The molecule has 28 heavy (non-hydrogen) atoms. The number of hydrogen-bond donors (Lipinski definition) is 2. The van der Waals surface area contributed by atoms with Crippen molar-refractivity contribution in [1.29, 1.82) is 0 Å². The van der Waals surface area contributed by atoms with E-state index in [0.717, 1.165) is 62.4 Å². The minimum Gasteiger partial charge on any atom is -0.356 e. The second kappa shape index (κ2) is 11.7. The number of nitrogens with one attached hydrogen (secondary N) is 2. The fraction of sp³-hybridized carbons (Fsp3) is 0.778. The van der Waals surface area contributed by atoms with Gasteiger partial charge in [0, 0.05) is 70.2 Å². The largest absolute Gasteiger partial charge is 0.356 e. The van der Waals surface area contributed by atoms with Gasteiger partial charge in [-0.3, -0.25) is 9.79 Å². The van der Waals surface area contributed by atoms with Crippen molar-refractivity contribution in [3.8, 4) is 0 Å². The molecule has 1 amide bonds. The molecule has 0 atom stereocenters. The SMILES string of the molecule is CCc1nsc(N2CCN(C(=NC)NCCC(=O)NC3CCCC3)CC2)n1.I. The molecule has 158 valence electrons. The molecule has 1 aliphatic carbocycles. The van der Waals surface area contributed by atoms with E-state index in [0.29, 0.717) is 19.0 Å². The molecule has 2 heterocycles.